The highest BCUT2D eigenvalue weighted by Crippen LogP contribution is 2.23. The first-order valence-electron chi connectivity index (χ1n) is 7.10. The van der Waals surface area contributed by atoms with Crippen LogP contribution in [0.4, 0.5) is 5.69 Å². The molecule has 1 heterocycles. The van der Waals surface area contributed by atoms with E-state index in [0.717, 1.165) is 28.8 Å². The zero-order valence-corrected chi connectivity index (χ0v) is 13.8. The summed E-state index contributed by atoms with van der Waals surface area (Å²) in [6.07, 6.45) is 3.05. The molecule has 21 heavy (non-hydrogen) atoms. The van der Waals surface area contributed by atoms with E-state index in [-0.39, 0.29) is 0 Å². The Kier molecular flexibility index (Phi) is 3.97. The molecular formula is C17H18BrN3. The van der Waals surface area contributed by atoms with E-state index in [2.05, 4.69) is 75.9 Å². The van der Waals surface area contributed by atoms with Gasteiger partial charge >= 0.3 is 0 Å². The molecule has 3 aromatic rings. The smallest absolute Gasteiger partial charge is 0.0671 e. The Labute approximate surface area is 133 Å². The van der Waals surface area contributed by atoms with E-state index < -0.39 is 0 Å². The summed E-state index contributed by atoms with van der Waals surface area (Å²) in [6.45, 7) is 2.94. The summed E-state index contributed by atoms with van der Waals surface area (Å²) in [7, 11) is 1.97. The molecule has 1 N–H and O–H groups in total. The largest absolute Gasteiger partial charge is 0.381 e. The zero-order valence-electron chi connectivity index (χ0n) is 12.2. The summed E-state index contributed by atoms with van der Waals surface area (Å²) in [4.78, 5) is 0. The third kappa shape index (κ3) is 3.10. The molecule has 0 spiro atoms. The molecule has 0 aliphatic carbocycles. The van der Waals surface area contributed by atoms with Gasteiger partial charge in [-0.05, 0) is 41.5 Å². The van der Waals surface area contributed by atoms with Crippen molar-refractivity contribution in [1.82, 2.24) is 9.78 Å². The summed E-state index contributed by atoms with van der Waals surface area (Å²) >= 11 is 3.51. The van der Waals surface area contributed by atoms with Crippen LogP contribution in [-0.2, 0) is 20.0 Å². The van der Waals surface area contributed by atoms with Crippen LogP contribution in [0.15, 0.2) is 47.1 Å². The quantitative estimate of drug-likeness (QED) is 0.755. The van der Waals surface area contributed by atoms with Crippen LogP contribution in [0, 0.1) is 0 Å². The van der Waals surface area contributed by atoms with Gasteiger partial charge in [-0.25, -0.2) is 0 Å². The number of fused-ring (bicyclic) bond motifs is 1. The molecule has 0 aliphatic rings. The fourth-order valence-corrected chi connectivity index (χ4v) is 2.93. The predicted octanol–water partition coefficient (Wildman–Crippen LogP) is 4.51. The van der Waals surface area contributed by atoms with Crippen molar-refractivity contribution in [2.45, 2.75) is 19.9 Å². The van der Waals surface area contributed by atoms with Gasteiger partial charge in [0.2, 0.25) is 0 Å². The maximum atomic E-state index is 4.47. The summed E-state index contributed by atoms with van der Waals surface area (Å²) < 4.78 is 2.99. The number of hydrogen-bond acceptors (Lipinski definition) is 2. The van der Waals surface area contributed by atoms with E-state index >= 15 is 0 Å². The third-order valence-electron chi connectivity index (χ3n) is 3.61. The molecule has 1 aromatic heterocycles. The number of rotatable bonds is 4. The minimum atomic E-state index is 0.805. The first-order valence-corrected chi connectivity index (χ1v) is 7.89. The lowest BCUT2D eigenvalue weighted by atomic mass is 10.1. The highest BCUT2D eigenvalue weighted by molar-refractivity contribution is 9.10. The van der Waals surface area contributed by atoms with Crippen molar-refractivity contribution >= 4 is 32.4 Å². The Morgan fingerprint density at radius 1 is 1.14 bits per heavy atom. The molecular weight excluding hydrogens is 326 g/mol. The average Bonchev–Trinajstić information content (AvgIpc) is 2.85. The van der Waals surface area contributed by atoms with E-state index in [0.29, 0.717) is 0 Å². The average molecular weight is 344 g/mol. The maximum absolute atomic E-state index is 4.47. The monoisotopic (exact) mass is 343 g/mol. The second kappa shape index (κ2) is 5.90. The second-order valence-electron chi connectivity index (χ2n) is 5.19. The molecule has 3 rings (SSSR count). The summed E-state index contributed by atoms with van der Waals surface area (Å²) in [5, 5.41) is 10.4. The van der Waals surface area contributed by atoms with Crippen molar-refractivity contribution in [2.75, 3.05) is 5.32 Å². The number of hydrogen-bond donors (Lipinski definition) is 1. The Bertz CT molecular complexity index is 777. The van der Waals surface area contributed by atoms with Gasteiger partial charge in [0.15, 0.2) is 0 Å². The fraction of sp³-hybridized carbons (Fsp3) is 0.235. The van der Waals surface area contributed by atoms with Gasteiger partial charge in [-0.2, -0.15) is 5.10 Å². The molecule has 0 saturated heterocycles. The van der Waals surface area contributed by atoms with Gasteiger partial charge < -0.3 is 5.32 Å². The molecule has 0 saturated carbocycles. The van der Waals surface area contributed by atoms with E-state index in [1.54, 1.807) is 0 Å². The molecule has 0 aliphatic heterocycles. The lowest BCUT2D eigenvalue weighted by Gasteiger charge is -2.08. The van der Waals surface area contributed by atoms with Crippen LogP contribution >= 0.6 is 15.9 Å². The van der Waals surface area contributed by atoms with Gasteiger partial charge in [0.1, 0.15) is 0 Å². The second-order valence-corrected chi connectivity index (χ2v) is 6.10. The van der Waals surface area contributed by atoms with Gasteiger partial charge in [-0.15, -0.1) is 0 Å². The summed E-state index contributed by atoms with van der Waals surface area (Å²) in [6, 6.07) is 12.8. The van der Waals surface area contributed by atoms with Gasteiger partial charge in [-0.3, -0.25) is 4.68 Å². The number of aromatic nitrogens is 2. The molecule has 3 nitrogen and oxygen atoms in total. The van der Waals surface area contributed by atoms with E-state index in [1.807, 2.05) is 11.7 Å². The highest BCUT2D eigenvalue weighted by Gasteiger charge is 2.05. The lowest BCUT2D eigenvalue weighted by Crippen LogP contribution is -2.00. The van der Waals surface area contributed by atoms with Crippen LogP contribution in [0.5, 0.6) is 0 Å². The predicted molar refractivity (Wildman–Crippen MR) is 91.6 cm³/mol. The van der Waals surface area contributed by atoms with Gasteiger partial charge in [0.05, 0.1) is 5.69 Å². The van der Waals surface area contributed by atoms with Crippen LogP contribution < -0.4 is 5.32 Å². The Balaban J connectivity index is 1.80. The molecule has 2 aromatic carbocycles. The number of nitrogens with zero attached hydrogens (tertiary/aromatic N) is 2. The summed E-state index contributed by atoms with van der Waals surface area (Å²) in [5.41, 5.74) is 3.56. The highest BCUT2D eigenvalue weighted by atomic mass is 79.9. The first kappa shape index (κ1) is 14.1. The van der Waals surface area contributed by atoms with Crippen LogP contribution in [-0.4, -0.2) is 9.78 Å². The van der Waals surface area contributed by atoms with Crippen molar-refractivity contribution in [3.05, 3.63) is 58.3 Å². The van der Waals surface area contributed by atoms with Crippen molar-refractivity contribution < 1.29 is 0 Å². The Morgan fingerprint density at radius 3 is 2.71 bits per heavy atom. The van der Waals surface area contributed by atoms with Crippen molar-refractivity contribution in [3.8, 4) is 0 Å². The molecule has 0 fully saturated rings. The minimum absolute atomic E-state index is 0.805. The maximum Gasteiger partial charge on any atom is 0.0671 e. The van der Waals surface area contributed by atoms with Crippen LogP contribution in [0.25, 0.3) is 10.8 Å². The topological polar surface area (TPSA) is 29.9 Å². The van der Waals surface area contributed by atoms with Crippen LogP contribution in [0.3, 0.4) is 0 Å². The first-order chi connectivity index (χ1) is 10.2. The molecule has 0 radical (unpaired) electrons. The van der Waals surface area contributed by atoms with Gasteiger partial charge in [0, 0.05) is 35.5 Å². The molecule has 0 bridgehead atoms. The van der Waals surface area contributed by atoms with Crippen molar-refractivity contribution in [2.24, 2.45) is 7.05 Å². The number of aryl methyl sites for hydroxylation is 2. The number of halogens is 1. The SMILES string of the molecule is CCc1nn(C)cc1CNc1ccc2cc(Br)ccc2c1. The van der Waals surface area contributed by atoms with Gasteiger partial charge in [0.25, 0.3) is 0 Å². The third-order valence-corrected chi connectivity index (χ3v) is 4.11. The minimum Gasteiger partial charge on any atom is -0.381 e. The zero-order chi connectivity index (χ0) is 14.8. The van der Waals surface area contributed by atoms with Crippen molar-refractivity contribution in [1.29, 1.82) is 0 Å². The fourth-order valence-electron chi connectivity index (χ4n) is 2.55. The summed E-state index contributed by atoms with van der Waals surface area (Å²) in [5.74, 6) is 0. The molecule has 0 amide bonds. The van der Waals surface area contributed by atoms with Crippen LogP contribution in [0.2, 0.25) is 0 Å². The van der Waals surface area contributed by atoms with E-state index in [4.69, 9.17) is 0 Å². The number of anilines is 1. The lowest BCUT2D eigenvalue weighted by molar-refractivity contribution is 0.746. The number of nitrogens with one attached hydrogen (secondary N) is 1. The van der Waals surface area contributed by atoms with E-state index in [1.165, 1.54) is 16.3 Å². The molecule has 108 valence electrons. The number of benzene rings is 2. The van der Waals surface area contributed by atoms with Crippen molar-refractivity contribution in [3.63, 3.8) is 0 Å². The van der Waals surface area contributed by atoms with Crippen LogP contribution in [0.1, 0.15) is 18.2 Å². The standard InChI is InChI=1S/C17H18BrN3/c1-3-17-14(11-21(2)20-17)10-19-16-7-5-12-8-15(18)6-4-13(12)9-16/h4-9,11,19H,3,10H2,1-2H3. The Hall–Kier alpha value is -1.81. The Morgan fingerprint density at radius 2 is 1.90 bits per heavy atom. The molecule has 0 atom stereocenters. The molecule has 4 heteroatoms. The molecule has 0 unspecified atom stereocenters. The van der Waals surface area contributed by atoms with Gasteiger partial charge in [-0.1, -0.05) is 35.0 Å². The normalized spacial score (nSPS) is 11.0. The van der Waals surface area contributed by atoms with E-state index in [9.17, 15) is 0 Å².